The maximum absolute atomic E-state index is 12.6. The molecule has 1 saturated carbocycles. The molecule has 0 heterocycles. The molecule has 1 amide bonds. The average Bonchev–Trinajstić information content (AvgIpc) is 3.42. The third-order valence-corrected chi connectivity index (χ3v) is 4.02. The van der Waals surface area contributed by atoms with Gasteiger partial charge in [0, 0.05) is 32.6 Å². The third-order valence-electron chi connectivity index (χ3n) is 4.02. The number of guanidine groups is 1. The first-order chi connectivity index (χ1) is 12.3. The van der Waals surface area contributed by atoms with Crippen LogP contribution in [0.25, 0.3) is 0 Å². The molecule has 1 aliphatic rings. The van der Waals surface area contributed by atoms with Gasteiger partial charge < -0.3 is 15.5 Å². The number of halogens is 4. The molecule has 2 N–H and O–H groups in total. The van der Waals surface area contributed by atoms with Gasteiger partial charge in [-0.15, -0.1) is 24.0 Å². The van der Waals surface area contributed by atoms with E-state index in [1.165, 1.54) is 12.1 Å². The second-order valence-electron chi connectivity index (χ2n) is 6.35. The Bertz CT molecular complexity index is 630. The lowest BCUT2D eigenvalue weighted by Gasteiger charge is -2.22. The summed E-state index contributed by atoms with van der Waals surface area (Å²) in [4.78, 5) is 17.9. The molecule has 1 aromatic carbocycles. The lowest BCUT2D eigenvalue weighted by molar-refractivity contribution is -0.137. The molecule has 2 rings (SSSR count). The van der Waals surface area contributed by atoms with Crippen LogP contribution in [-0.2, 0) is 17.5 Å². The van der Waals surface area contributed by atoms with E-state index >= 15 is 0 Å². The van der Waals surface area contributed by atoms with E-state index in [-0.39, 0.29) is 35.8 Å². The summed E-state index contributed by atoms with van der Waals surface area (Å²) in [5.41, 5.74) is 0.101. The molecule has 0 saturated heterocycles. The molecule has 152 valence electrons. The van der Waals surface area contributed by atoms with Gasteiger partial charge in [0.15, 0.2) is 5.96 Å². The molecular formula is C18H26F3IN4O. The smallest absolute Gasteiger partial charge is 0.357 e. The zero-order valence-electron chi connectivity index (χ0n) is 15.5. The highest BCUT2D eigenvalue weighted by Gasteiger charge is 2.30. The third kappa shape index (κ3) is 7.94. The van der Waals surface area contributed by atoms with Gasteiger partial charge in [-0.3, -0.25) is 9.79 Å². The van der Waals surface area contributed by atoms with Gasteiger partial charge in [-0.1, -0.05) is 12.1 Å². The summed E-state index contributed by atoms with van der Waals surface area (Å²) in [6, 6.07) is 5.11. The highest BCUT2D eigenvalue weighted by Crippen LogP contribution is 2.29. The standard InChI is InChI=1S/C18H25F3N4O.HI/c1-3-22-17(24-11-10-23-16(26)14-6-7-14)25(2)12-13-4-8-15(9-5-13)18(19,20)21;/h4-5,8-9,14H,3,6-7,10-12H2,1-2H3,(H,22,24)(H,23,26);1H. The summed E-state index contributed by atoms with van der Waals surface area (Å²) in [6.45, 7) is 3.95. The van der Waals surface area contributed by atoms with Crippen LogP contribution < -0.4 is 10.6 Å². The van der Waals surface area contributed by atoms with Gasteiger partial charge in [-0.2, -0.15) is 13.2 Å². The van der Waals surface area contributed by atoms with Crippen LogP contribution in [0, 0.1) is 5.92 Å². The molecule has 1 fully saturated rings. The molecule has 1 aliphatic carbocycles. The summed E-state index contributed by atoms with van der Waals surface area (Å²) in [5, 5.41) is 6.00. The number of nitrogens with one attached hydrogen (secondary N) is 2. The highest BCUT2D eigenvalue weighted by atomic mass is 127. The van der Waals surface area contributed by atoms with E-state index in [0.29, 0.717) is 32.1 Å². The van der Waals surface area contributed by atoms with Crippen molar-refractivity contribution >= 4 is 35.8 Å². The molecule has 1 aromatic rings. The molecule has 9 heteroatoms. The Labute approximate surface area is 174 Å². The van der Waals surface area contributed by atoms with E-state index in [0.717, 1.165) is 30.5 Å². The Kier molecular flexibility index (Phi) is 9.34. The van der Waals surface area contributed by atoms with Gasteiger partial charge >= 0.3 is 6.18 Å². The van der Waals surface area contributed by atoms with Crippen LogP contribution in [0.5, 0.6) is 0 Å². The maximum Gasteiger partial charge on any atom is 0.416 e. The van der Waals surface area contributed by atoms with Crippen molar-refractivity contribution in [2.45, 2.75) is 32.5 Å². The Morgan fingerprint density at radius 2 is 1.85 bits per heavy atom. The predicted molar refractivity (Wildman–Crippen MR) is 110 cm³/mol. The summed E-state index contributed by atoms with van der Waals surface area (Å²) < 4.78 is 37.9. The normalized spacial score (nSPS) is 14.3. The Morgan fingerprint density at radius 1 is 1.22 bits per heavy atom. The molecular weight excluding hydrogens is 472 g/mol. The van der Waals surface area contributed by atoms with Crippen molar-refractivity contribution in [2.24, 2.45) is 10.9 Å². The van der Waals surface area contributed by atoms with Gasteiger partial charge in [0.1, 0.15) is 0 Å². The summed E-state index contributed by atoms with van der Waals surface area (Å²) in [5.74, 6) is 0.908. The van der Waals surface area contributed by atoms with Crippen LogP contribution in [0.3, 0.4) is 0 Å². The molecule has 27 heavy (non-hydrogen) atoms. The van der Waals surface area contributed by atoms with Crippen LogP contribution in [0.15, 0.2) is 29.3 Å². The van der Waals surface area contributed by atoms with Crippen molar-refractivity contribution in [1.29, 1.82) is 0 Å². The number of rotatable bonds is 7. The number of nitrogens with zero attached hydrogens (tertiary/aromatic N) is 2. The number of hydrogen-bond donors (Lipinski definition) is 2. The van der Waals surface area contributed by atoms with Crippen LogP contribution in [0.2, 0.25) is 0 Å². The lowest BCUT2D eigenvalue weighted by atomic mass is 10.1. The lowest BCUT2D eigenvalue weighted by Crippen LogP contribution is -2.39. The van der Waals surface area contributed by atoms with Crippen molar-refractivity contribution in [1.82, 2.24) is 15.5 Å². The van der Waals surface area contributed by atoms with Gasteiger partial charge in [-0.05, 0) is 37.5 Å². The second-order valence-corrected chi connectivity index (χ2v) is 6.35. The fourth-order valence-corrected chi connectivity index (χ4v) is 2.45. The molecule has 0 aromatic heterocycles. The van der Waals surface area contributed by atoms with Gasteiger partial charge in [0.05, 0.1) is 12.1 Å². The maximum atomic E-state index is 12.6. The first-order valence-electron chi connectivity index (χ1n) is 8.74. The van der Waals surface area contributed by atoms with E-state index in [4.69, 9.17) is 0 Å². The van der Waals surface area contributed by atoms with Crippen molar-refractivity contribution in [2.75, 3.05) is 26.7 Å². The van der Waals surface area contributed by atoms with Crippen LogP contribution in [0.4, 0.5) is 13.2 Å². The average molecular weight is 498 g/mol. The summed E-state index contributed by atoms with van der Waals surface area (Å²) >= 11 is 0. The highest BCUT2D eigenvalue weighted by molar-refractivity contribution is 14.0. The quantitative estimate of drug-likeness (QED) is 0.263. The largest absolute Gasteiger partial charge is 0.416 e. The van der Waals surface area contributed by atoms with E-state index in [1.54, 1.807) is 0 Å². The van der Waals surface area contributed by atoms with E-state index in [1.807, 2.05) is 18.9 Å². The molecule has 0 spiro atoms. The molecule has 0 aliphatic heterocycles. The van der Waals surface area contributed by atoms with Gasteiger partial charge in [0.2, 0.25) is 5.91 Å². The van der Waals surface area contributed by atoms with Crippen LogP contribution >= 0.6 is 24.0 Å². The first kappa shape index (κ1) is 23.5. The molecule has 5 nitrogen and oxygen atoms in total. The number of carbonyl (C=O) groups is 1. The van der Waals surface area contributed by atoms with E-state index in [9.17, 15) is 18.0 Å². The van der Waals surface area contributed by atoms with E-state index in [2.05, 4.69) is 15.6 Å². The minimum absolute atomic E-state index is 0. The van der Waals surface area contributed by atoms with Gasteiger partial charge in [-0.25, -0.2) is 0 Å². The van der Waals surface area contributed by atoms with Crippen molar-refractivity contribution in [3.05, 3.63) is 35.4 Å². The monoisotopic (exact) mass is 498 g/mol. The number of benzene rings is 1. The number of amides is 1. The van der Waals surface area contributed by atoms with Crippen molar-refractivity contribution in [3.8, 4) is 0 Å². The number of hydrogen-bond acceptors (Lipinski definition) is 2. The second kappa shape index (κ2) is 10.7. The van der Waals surface area contributed by atoms with Crippen molar-refractivity contribution in [3.63, 3.8) is 0 Å². The van der Waals surface area contributed by atoms with Crippen LogP contribution in [0.1, 0.15) is 30.9 Å². The molecule has 0 unspecified atom stereocenters. The molecule has 0 bridgehead atoms. The number of alkyl halides is 3. The van der Waals surface area contributed by atoms with Gasteiger partial charge in [0.25, 0.3) is 0 Å². The minimum atomic E-state index is -4.33. The van der Waals surface area contributed by atoms with Crippen molar-refractivity contribution < 1.29 is 18.0 Å². The SMILES string of the molecule is CCNC(=NCCNC(=O)C1CC1)N(C)Cc1ccc(C(F)(F)F)cc1.I. The number of aliphatic imine (C=N–C) groups is 1. The van der Waals surface area contributed by atoms with Crippen LogP contribution in [-0.4, -0.2) is 43.4 Å². The Morgan fingerprint density at radius 3 is 2.37 bits per heavy atom. The first-order valence-corrected chi connectivity index (χ1v) is 8.74. The fourth-order valence-electron chi connectivity index (χ4n) is 2.45. The zero-order chi connectivity index (χ0) is 19.2. The topological polar surface area (TPSA) is 56.7 Å². The summed E-state index contributed by atoms with van der Waals surface area (Å²) in [6.07, 6.45) is -2.40. The fraction of sp³-hybridized carbons (Fsp3) is 0.556. The number of carbonyl (C=O) groups excluding carboxylic acids is 1. The molecule has 0 radical (unpaired) electrons. The van der Waals surface area contributed by atoms with E-state index < -0.39 is 11.7 Å². The molecule has 0 atom stereocenters. The predicted octanol–water partition coefficient (Wildman–Crippen LogP) is 3.25. The zero-order valence-corrected chi connectivity index (χ0v) is 17.8. The Balaban J connectivity index is 0.00000364. The minimum Gasteiger partial charge on any atom is -0.357 e. The Hall–Kier alpha value is -1.52. The summed E-state index contributed by atoms with van der Waals surface area (Å²) in [7, 11) is 1.82.